The molecule has 0 aromatic rings. The predicted molar refractivity (Wildman–Crippen MR) is 83.9 cm³/mol. The molecule has 3 fully saturated rings. The van der Waals surface area contributed by atoms with E-state index < -0.39 is 0 Å². The van der Waals surface area contributed by atoms with Crippen LogP contribution in [0.15, 0.2) is 12.2 Å². The van der Waals surface area contributed by atoms with E-state index in [4.69, 9.17) is 0 Å². The second kappa shape index (κ2) is 5.71. The van der Waals surface area contributed by atoms with Gasteiger partial charge in [-0.25, -0.2) is 0 Å². The average molecular weight is 302 g/mol. The van der Waals surface area contributed by atoms with Crippen LogP contribution in [0.4, 0.5) is 0 Å². The zero-order valence-electron chi connectivity index (χ0n) is 13.2. The van der Waals surface area contributed by atoms with Crippen molar-refractivity contribution in [3.63, 3.8) is 0 Å². The maximum atomic E-state index is 12.9. The molecule has 0 aromatic heterocycles. The molecule has 1 saturated heterocycles. The third kappa shape index (κ3) is 2.37. The fraction of sp³-hybridized carbons (Fsp3) is 0.778. The van der Waals surface area contributed by atoms with Crippen LogP contribution in [0.3, 0.4) is 0 Å². The van der Waals surface area contributed by atoms with Gasteiger partial charge in [-0.1, -0.05) is 25.0 Å². The maximum absolute atomic E-state index is 12.9. The molecule has 2 bridgehead atoms. The van der Waals surface area contributed by atoms with Crippen molar-refractivity contribution in [2.75, 3.05) is 13.1 Å². The number of allylic oxidation sites excluding steroid dienone is 2. The Balaban J connectivity index is 1.49. The van der Waals surface area contributed by atoms with E-state index in [9.17, 15) is 9.59 Å². The highest BCUT2D eigenvalue weighted by atomic mass is 16.2. The number of nitrogens with zero attached hydrogens (tertiary/aromatic N) is 1. The van der Waals surface area contributed by atoms with E-state index in [1.165, 1.54) is 12.8 Å². The van der Waals surface area contributed by atoms with E-state index in [0.29, 0.717) is 6.04 Å². The molecular formula is C18H26N2O2. The van der Waals surface area contributed by atoms with Gasteiger partial charge in [0.15, 0.2) is 0 Å². The van der Waals surface area contributed by atoms with E-state index in [2.05, 4.69) is 17.5 Å². The molecule has 2 amide bonds. The largest absolute Gasteiger partial charge is 0.353 e. The van der Waals surface area contributed by atoms with Gasteiger partial charge < -0.3 is 10.2 Å². The van der Waals surface area contributed by atoms with Crippen molar-refractivity contribution in [1.29, 1.82) is 0 Å². The number of fused-ring (bicyclic) bond motifs is 2. The predicted octanol–water partition coefficient (Wildman–Crippen LogP) is 2.11. The quantitative estimate of drug-likeness (QED) is 0.812. The van der Waals surface area contributed by atoms with Gasteiger partial charge in [-0.2, -0.15) is 0 Å². The van der Waals surface area contributed by atoms with Crippen LogP contribution in [0.2, 0.25) is 0 Å². The van der Waals surface area contributed by atoms with Gasteiger partial charge in [-0.3, -0.25) is 9.59 Å². The third-order valence-electron chi connectivity index (χ3n) is 6.17. The highest BCUT2D eigenvalue weighted by molar-refractivity contribution is 5.90. The molecule has 120 valence electrons. The first kappa shape index (κ1) is 14.3. The molecule has 4 heteroatoms. The fourth-order valence-corrected chi connectivity index (χ4v) is 5.03. The summed E-state index contributed by atoms with van der Waals surface area (Å²) in [5.41, 5.74) is 0. The van der Waals surface area contributed by atoms with Crippen LogP contribution in [0.1, 0.15) is 44.9 Å². The molecule has 0 radical (unpaired) electrons. The number of carbonyl (C=O) groups excluding carboxylic acids is 2. The molecule has 2 saturated carbocycles. The van der Waals surface area contributed by atoms with Crippen molar-refractivity contribution in [2.24, 2.45) is 23.7 Å². The first-order valence-electron chi connectivity index (χ1n) is 9.01. The van der Waals surface area contributed by atoms with Gasteiger partial charge in [0.2, 0.25) is 11.8 Å². The van der Waals surface area contributed by atoms with Crippen LogP contribution in [0, 0.1) is 23.7 Å². The number of nitrogens with one attached hydrogen (secondary N) is 1. The van der Waals surface area contributed by atoms with Crippen LogP contribution in [0.25, 0.3) is 0 Å². The number of carbonyl (C=O) groups is 2. The number of rotatable bonds is 3. The molecule has 0 spiro atoms. The summed E-state index contributed by atoms with van der Waals surface area (Å²) in [6.07, 6.45) is 12.2. The monoisotopic (exact) mass is 302 g/mol. The van der Waals surface area contributed by atoms with Crippen molar-refractivity contribution in [2.45, 2.75) is 51.0 Å². The lowest BCUT2D eigenvalue weighted by Crippen LogP contribution is -2.46. The van der Waals surface area contributed by atoms with Crippen LogP contribution in [-0.2, 0) is 9.59 Å². The summed E-state index contributed by atoms with van der Waals surface area (Å²) in [6, 6.07) is 0.346. The first-order valence-corrected chi connectivity index (χ1v) is 9.01. The lowest BCUT2D eigenvalue weighted by Gasteiger charge is -2.30. The zero-order chi connectivity index (χ0) is 15.1. The zero-order valence-corrected chi connectivity index (χ0v) is 13.2. The summed E-state index contributed by atoms with van der Waals surface area (Å²) >= 11 is 0. The molecule has 1 aliphatic heterocycles. The van der Waals surface area contributed by atoms with E-state index in [0.717, 1.165) is 45.2 Å². The topological polar surface area (TPSA) is 49.4 Å². The van der Waals surface area contributed by atoms with E-state index >= 15 is 0 Å². The summed E-state index contributed by atoms with van der Waals surface area (Å²) in [7, 11) is 0. The molecule has 1 heterocycles. The van der Waals surface area contributed by atoms with Crippen molar-refractivity contribution in [1.82, 2.24) is 10.2 Å². The van der Waals surface area contributed by atoms with Crippen LogP contribution in [0.5, 0.6) is 0 Å². The SMILES string of the molecule is O=C(NC1CCCC1)[C@H]1[C@@H](C(=O)N2CCCC2)[C@@H]2C=C[C@H]1C2. The molecule has 4 aliphatic rings. The van der Waals surface area contributed by atoms with Gasteiger partial charge in [0.1, 0.15) is 0 Å². The van der Waals surface area contributed by atoms with Crippen molar-refractivity contribution < 1.29 is 9.59 Å². The van der Waals surface area contributed by atoms with Gasteiger partial charge in [-0.05, 0) is 43.9 Å². The summed E-state index contributed by atoms with van der Waals surface area (Å²) in [4.78, 5) is 27.7. The van der Waals surface area contributed by atoms with Crippen LogP contribution in [-0.4, -0.2) is 35.8 Å². The highest BCUT2D eigenvalue weighted by Crippen LogP contribution is 2.49. The Labute approximate surface area is 132 Å². The first-order chi connectivity index (χ1) is 10.7. The smallest absolute Gasteiger partial charge is 0.227 e. The van der Waals surface area contributed by atoms with Crippen molar-refractivity contribution in [3.05, 3.63) is 12.2 Å². The molecule has 4 nitrogen and oxygen atoms in total. The maximum Gasteiger partial charge on any atom is 0.227 e. The van der Waals surface area contributed by atoms with Gasteiger partial charge in [0, 0.05) is 19.1 Å². The Morgan fingerprint density at radius 1 is 0.909 bits per heavy atom. The van der Waals surface area contributed by atoms with E-state index in [1.54, 1.807) is 0 Å². The molecule has 4 rings (SSSR count). The third-order valence-corrected chi connectivity index (χ3v) is 6.17. The Bertz CT molecular complexity index is 489. The Morgan fingerprint density at radius 3 is 2.23 bits per heavy atom. The minimum absolute atomic E-state index is 0.102. The lowest BCUT2D eigenvalue weighted by atomic mass is 9.81. The lowest BCUT2D eigenvalue weighted by molar-refractivity contribution is -0.141. The standard InChI is InChI=1S/C18H26N2O2/c21-17(19-14-5-1-2-6-14)15-12-7-8-13(11-12)16(15)18(22)20-9-3-4-10-20/h7-8,12-16H,1-6,9-11H2,(H,19,21)/t12-,13+,15+,16-/m0/s1. The number of hydrogen-bond acceptors (Lipinski definition) is 2. The highest BCUT2D eigenvalue weighted by Gasteiger charge is 2.52. The number of likely N-dealkylation sites (tertiary alicyclic amines) is 1. The fourth-order valence-electron chi connectivity index (χ4n) is 5.03. The number of hydrogen-bond donors (Lipinski definition) is 1. The second-order valence-electron chi connectivity index (χ2n) is 7.52. The summed E-state index contributed by atoms with van der Waals surface area (Å²) < 4.78 is 0. The molecule has 22 heavy (non-hydrogen) atoms. The van der Waals surface area contributed by atoms with Gasteiger partial charge >= 0.3 is 0 Å². The van der Waals surface area contributed by atoms with Crippen LogP contribution >= 0.6 is 0 Å². The second-order valence-corrected chi connectivity index (χ2v) is 7.52. The van der Waals surface area contributed by atoms with E-state index in [-0.39, 0.29) is 35.5 Å². The number of amides is 2. The normalized spacial score (nSPS) is 37.2. The molecule has 1 N–H and O–H groups in total. The summed E-state index contributed by atoms with van der Waals surface area (Å²) in [6.45, 7) is 1.76. The average Bonchev–Trinajstić information content (AvgIpc) is 3.27. The Hall–Kier alpha value is -1.32. The molecule has 0 unspecified atom stereocenters. The Kier molecular flexibility index (Phi) is 3.71. The van der Waals surface area contributed by atoms with Gasteiger partial charge in [0.05, 0.1) is 11.8 Å². The molecule has 3 aliphatic carbocycles. The minimum atomic E-state index is -0.122. The molecule has 4 atom stereocenters. The van der Waals surface area contributed by atoms with E-state index in [1.807, 2.05) is 4.90 Å². The van der Waals surface area contributed by atoms with Crippen molar-refractivity contribution in [3.8, 4) is 0 Å². The Morgan fingerprint density at radius 2 is 1.55 bits per heavy atom. The van der Waals surface area contributed by atoms with Gasteiger partial charge in [-0.15, -0.1) is 0 Å². The molecule has 0 aromatic carbocycles. The van der Waals surface area contributed by atoms with Crippen LogP contribution < -0.4 is 5.32 Å². The van der Waals surface area contributed by atoms with Crippen molar-refractivity contribution >= 4 is 11.8 Å². The molecular weight excluding hydrogens is 276 g/mol. The minimum Gasteiger partial charge on any atom is -0.353 e. The summed E-state index contributed by atoms with van der Waals surface area (Å²) in [5.74, 6) is 0.723. The summed E-state index contributed by atoms with van der Waals surface area (Å²) in [5, 5.41) is 3.24. The van der Waals surface area contributed by atoms with Gasteiger partial charge in [0.25, 0.3) is 0 Å².